The van der Waals surface area contributed by atoms with E-state index in [2.05, 4.69) is 15.1 Å². The fourth-order valence-corrected chi connectivity index (χ4v) is 2.06. The number of nitrogens with two attached hydrogens (primary N) is 1. The van der Waals surface area contributed by atoms with Gasteiger partial charge in [-0.1, -0.05) is 30.3 Å². The molecule has 0 saturated heterocycles. The van der Waals surface area contributed by atoms with Crippen molar-refractivity contribution in [3.8, 4) is 11.3 Å². The van der Waals surface area contributed by atoms with Crippen LogP contribution in [0.25, 0.3) is 17.0 Å². The van der Waals surface area contributed by atoms with Gasteiger partial charge in [-0.05, 0) is 0 Å². The normalized spacial score (nSPS) is 12.1. The van der Waals surface area contributed by atoms with Crippen molar-refractivity contribution in [2.24, 2.45) is 5.14 Å². The summed E-state index contributed by atoms with van der Waals surface area (Å²) in [5, 5.41) is 8.48. The van der Waals surface area contributed by atoms with Crippen molar-refractivity contribution < 1.29 is 8.42 Å². The Kier molecular flexibility index (Phi) is 2.22. The predicted octanol–water partition coefficient (Wildman–Crippen LogP) is 0.372. The van der Waals surface area contributed by atoms with Crippen molar-refractivity contribution in [2.75, 3.05) is 0 Å². The number of sulfonamides is 1. The first kappa shape index (κ1) is 10.9. The summed E-state index contributed by atoms with van der Waals surface area (Å²) in [4.78, 5) is 6.80. The predicted molar refractivity (Wildman–Crippen MR) is 64.1 cm³/mol. The first-order valence-electron chi connectivity index (χ1n) is 5.08. The largest absolute Gasteiger partial charge is 0.296 e. The number of rotatable bonds is 2. The second kappa shape index (κ2) is 3.65. The third-order valence-corrected chi connectivity index (χ3v) is 3.17. The number of nitrogens with zero attached hydrogens (tertiary/aromatic N) is 3. The summed E-state index contributed by atoms with van der Waals surface area (Å²) in [7, 11) is -3.84. The van der Waals surface area contributed by atoms with E-state index in [0.29, 0.717) is 11.5 Å². The van der Waals surface area contributed by atoms with Crippen LogP contribution in [0.3, 0.4) is 0 Å². The molecule has 8 heteroatoms. The summed E-state index contributed by atoms with van der Waals surface area (Å²) in [6, 6.07) is 9.51. The average Bonchev–Trinajstić information content (AvgIpc) is 2.86. The van der Waals surface area contributed by atoms with Crippen LogP contribution >= 0.6 is 0 Å². The standard InChI is InChI=1S/C10H9N5O2S/c11-18(16,17)10-13-9-12-8(6-15(9)14-10)7-4-2-1-3-5-7/h1-6H,(H2,11,16,17)(H,12,13,14). The molecule has 0 atom stereocenters. The maximum absolute atomic E-state index is 11.1. The molecule has 0 aliphatic heterocycles. The topological polar surface area (TPSA) is 106 Å². The number of aromatic nitrogens is 4. The summed E-state index contributed by atoms with van der Waals surface area (Å²) in [5.74, 6) is 0.331. The van der Waals surface area contributed by atoms with Crippen LogP contribution in [0.2, 0.25) is 0 Å². The van der Waals surface area contributed by atoms with Gasteiger partial charge in [-0.25, -0.2) is 23.1 Å². The van der Waals surface area contributed by atoms with Crippen LogP contribution in [0.15, 0.2) is 41.7 Å². The SMILES string of the molecule is NS(=O)(=O)c1nn2cc(-c3ccccc3)nc2[nH]1. The second-order valence-electron chi connectivity index (χ2n) is 3.74. The molecule has 0 saturated carbocycles. The molecule has 0 amide bonds. The number of benzene rings is 1. The lowest BCUT2D eigenvalue weighted by Gasteiger charge is -1.93. The fourth-order valence-electron chi connectivity index (χ4n) is 1.63. The van der Waals surface area contributed by atoms with Crippen molar-refractivity contribution in [3.05, 3.63) is 36.5 Å². The summed E-state index contributed by atoms with van der Waals surface area (Å²) in [6.07, 6.45) is 1.63. The molecule has 3 rings (SSSR count). The highest BCUT2D eigenvalue weighted by atomic mass is 32.2. The number of hydrogen-bond acceptors (Lipinski definition) is 4. The molecule has 0 aliphatic carbocycles. The number of nitrogens with one attached hydrogen (secondary N) is 1. The molecule has 7 nitrogen and oxygen atoms in total. The average molecular weight is 263 g/mol. The molecule has 0 spiro atoms. The van der Waals surface area contributed by atoms with Gasteiger partial charge in [0.15, 0.2) is 0 Å². The minimum absolute atomic E-state index is 0.301. The van der Waals surface area contributed by atoms with Gasteiger partial charge in [0, 0.05) is 5.56 Å². The van der Waals surface area contributed by atoms with E-state index >= 15 is 0 Å². The molecular weight excluding hydrogens is 254 g/mol. The highest BCUT2D eigenvalue weighted by molar-refractivity contribution is 7.89. The van der Waals surface area contributed by atoms with Crippen LogP contribution < -0.4 is 5.14 Å². The summed E-state index contributed by atoms with van der Waals surface area (Å²) >= 11 is 0. The maximum Gasteiger partial charge on any atom is 0.273 e. The van der Waals surface area contributed by atoms with Crippen LogP contribution in [0, 0.1) is 0 Å². The minimum atomic E-state index is -3.84. The Morgan fingerprint density at radius 1 is 1.22 bits per heavy atom. The molecule has 2 aromatic heterocycles. The van der Waals surface area contributed by atoms with Gasteiger partial charge in [-0.3, -0.25) is 4.98 Å². The summed E-state index contributed by atoms with van der Waals surface area (Å²) < 4.78 is 23.5. The Balaban J connectivity index is 2.12. The Morgan fingerprint density at radius 2 is 1.94 bits per heavy atom. The second-order valence-corrected chi connectivity index (χ2v) is 5.21. The molecule has 3 aromatic rings. The molecule has 0 radical (unpaired) electrons. The van der Waals surface area contributed by atoms with Gasteiger partial charge in [0.2, 0.25) is 5.78 Å². The van der Waals surface area contributed by atoms with Crippen molar-refractivity contribution >= 4 is 15.8 Å². The lowest BCUT2D eigenvalue weighted by molar-refractivity contribution is 0.588. The van der Waals surface area contributed by atoms with Crippen molar-refractivity contribution in [2.45, 2.75) is 5.16 Å². The van der Waals surface area contributed by atoms with Gasteiger partial charge >= 0.3 is 0 Å². The van der Waals surface area contributed by atoms with Crippen LogP contribution in [0.5, 0.6) is 0 Å². The molecule has 18 heavy (non-hydrogen) atoms. The van der Waals surface area contributed by atoms with Gasteiger partial charge in [-0.2, -0.15) is 0 Å². The van der Waals surface area contributed by atoms with E-state index in [1.54, 1.807) is 6.20 Å². The van der Waals surface area contributed by atoms with Crippen LogP contribution in [0.1, 0.15) is 0 Å². The molecule has 3 N–H and O–H groups in total. The number of fused-ring (bicyclic) bond motifs is 1. The number of primary sulfonamides is 1. The summed E-state index contributed by atoms with van der Waals surface area (Å²) in [5.41, 5.74) is 1.63. The highest BCUT2D eigenvalue weighted by Gasteiger charge is 2.15. The minimum Gasteiger partial charge on any atom is -0.296 e. The van der Waals surface area contributed by atoms with Crippen molar-refractivity contribution in [1.82, 2.24) is 19.6 Å². The lowest BCUT2D eigenvalue weighted by Crippen LogP contribution is -2.14. The van der Waals surface area contributed by atoms with Gasteiger partial charge < -0.3 is 0 Å². The van der Waals surface area contributed by atoms with E-state index in [1.807, 2.05) is 30.3 Å². The lowest BCUT2D eigenvalue weighted by atomic mass is 10.2. The Labute approximate surface area is 102 Å². The Bertz CT molecular complexity index is 772. The van der Waals surface area contributed by atoms with E-state index in [9.17, 15) is 8.42 Å². The van der Waals surface area contributed by atoms with E-state index in [4.69, 9.17) is 5.14 Å². The quantitative estimate of drug-likeness (QED) is 0.696. The van der Waals surface area contributed by atoms with E-state index < -0.39 is 10.0 Å². The third kappa shape index (κ3) is 1.77. The first-order chi connectivity index (χ1) is 8.54. The number of aromatic amines is 1. The van der Waals surface area contributed by atoms with Crippen LogP contribution in [-0.2, 0) is 10.0 Å². The molecule has 0 bridgehead atoms. The third-order valence-electron chi connectivity index (χ3n) is 2.44. The van der Waals surface area contributed by atoms with Gasteiger partial charge in [0.1, 0.15) is 0 Å². The zero-order valence-corrected chi connectivity index (χ0v) is 9.92. The van der Waals surface area contributed by atoms with Crippen LogP contribution in [0.4, 0.5) is 0 Å². The zero-order valence-electron chi connectivity index (χ0n) is 9.11. The number of hydrogen-bond donors (Lipinski definition) is 2. The van der Waals surface area contributed by atoms with Crippen LogP contribution in [-0.4, -0.2) is 28.0 Å². The van der Waals surface area contributed by atoms with Gasteiger partial charge in [-0.15, -0.1) is 5.10 Å². The molecule has 0 aliphatic rings. The number of imidazole rings is 1. The maximum atomic E-state index is 11.1. The molecule has 1 aromatic carbocycles. The highest BCUT2D eigenvalue weighted by Crippen LogP contribution is 2.18. The molecule has 92 valence electrons. The van der Waals surface area contributed by atoms with Crippen molar-refractivity contribution in [3.63, 3.8) is 0 Å². The smallest absolute Gasteiger partial charge is 0.273 e. The molecule has 2 heterocycles. The van der Waals surface area contributed by atoms with Gasteiger partial charge in [0.05, 0.1) is 11.9 Å². The Morgan fingerprint density at radius 3 is 2.56 bits per heavy atom. The van der Waals surface area contributed by atoms with E-state index in [0.717, 1.165) is 5.56 Å². The Hall–Kier alpha value is -2.19. The van der Waals surface area contributed by atoms with E-state index in [1.165, 1.54) is 4.52 Å². The molecule has 0 unspecified atom stereocenters. The zero-order chi connectivity index (χ0) is 12.8. The monoisotopic (exact) mass is 263 g/mol. The molecular formula is C10H9N5O2S. The van der Waals surface area contributed by atoms with E-state index in [-0.39, 0.29) is 5.16 Å². The van der Waals surface area contributed by atoms with Gasteiger partial charge in [0.25, 0.3) is 15.2 Å². The fraction of sp³-hybridized carbons (Fsp3) is 0. The van der Waals surface area contributed by atoms with Crippen molar-refractivity contribution in [1.29, 1.82) is 0 Å². The summed E-state index contributed by atoms with van der Waals surface area (Å²) in [6.45, 7) is 0. The number of H-pyrrole nitrogens is 1. The molecule has 0 fully saturated rings. The first-order valence-corrected chi connectivity index (χ1v) is 6.62.